The molecule has 202 valence electrons. The standard InChI is InChI=1S/C15H10O18S4/c16-13-10-5-7(30-34(17,18)19)2-4-11(10)29-14(15(13)33-37(26,27)28)9-3-1-8(31-35(20,21)22)6-12(9)32-36(23,24)25/h1-6H,(H,17,18,19)(H,20,21,22)(H,23,24,25)(H,26,27,28). The van der Waals surface area contributed by atoms with E-state index in [0.717, 1.165) is 18.2 Å². The van der Waals surface area contributed by atoms with Crippen LogP contribution in [0.15, 0.2) is 45.6 Å². The van der Waals surface area contributed by atoms with Gasteiger partial charge < -0.3 is 21.1 Å². The largest absolute Gasteiger partial charge is 0.452 e. The Balaban J connectivity index is 2.38. The van der Waals surface area contributed by atoms with Gasteiger partial charge in [-0.25, -0.2) is 0 Å². The molecule has 0 aliphatic carbocycles. The highest BCUT2D eigenvalue weighted by Gasteiger charge is 2.27. The average Bonchev–Trinajstić information content (AvgIpc) is 2.66. The van der Waals surface area contributed by atoms with E-state index in [9.17, 15) is 38.5 Å². The molecule has 1 aromatic heterocycles. The quantitative estimate of drug-likeness (QED) is 0.236. The molecule has 0 aliphatic rings. The minimum absolute atomic E-state index is 0.446. The number of hydrogen-bond donors (Lipinski definition) is 4. The highest BCUT2D eigenvalue weighted by molar-refractivity contribution is 7.82. The van der Waals surface area contributed by atoms with Gasteiger partial charge >= 0.3 is 41.6 Å². The van der Waals surface area contributed by atoms with Crippen LogP contribution in [0.5, 0.6) is 23.0 Å². The summed E-state index contributed by atoms with van der Waals surface area (Å²) in [5.74, 6) is -4.90. The molecule has 1 heterocycles. The van der Waals surface area contributed by atoms with E-state index in [4.69, 9.17) is 22.6 Å². The lowest BCUT2D eigenvalue weighted by atomic mass is 10.1. The fraction of sp³-hybridized carbons (Fsp3) is 0. The Morgan fingerprint density at radius 2 is 1.11 bits per heavy atom. The monoisotopic (exact) mass is 606 g/mol. The molecule has 18 nitrogen and oxygen atoms in total. The third kappa shape index (κ3) is 7.73. The number of rotatable bonds is 9. The van der Waals surface area contributed by atoms with Gasteiger partial charge in [0.05, 0.1) is 10.9 Å². The first-order valence-electron chi connectivity index (χ1n) is 8.64. The zero-order chi connectivity index (χ0) is 28.0. The Morgan fingerprint density at radius 1 is 0.622 bits per heavy atom. The van der Waals surface area contributed by atoms with Crippen molar-refractivity contribution in [2.45, 2.75) is 0 Å². The van der Waals surface area contributed by atoms with Gasteiger partial charge in [-0.3, -0.25) is 23.0 Å². The molecule has 0 unspecified atom stereocenters. The summed E-state index contributed by atoms with van der Waals surface area (Å²) in [6.45, 7) is 0. The van der Waals surface area contributed by atoms with E-state index in [1.807, 2.05) is 0 Å². The smallest absolute Gasteiger partial charge is 0.446 e. The predicted octanol–water partition coefficient (Wildman–Crippen LogP) is 0.186. The molecule has 0 atom stereocenters. The van der Waals surface area contributed by atoms with Crippen molar-refractivity contribution >= 4 is 52.6 Å². The molecule has 0 spiro atoms. The van der Waals surface area contributed by atoms with Gasteiger partial charge in [-0.2, -0.15) is 33.7 Å². The van der Waals surface area contributed by atoms with Gasteiger partial charge in [-0.1, -0.05) is 0 Å². The predicted molar refractivity (Wildman–Crippen MR) is 117 cm³/mol. The van der Waals surface area contributed by atoms with Crippen LogP contribution in [0.1, 0.15) is 0 Å². The van der Waals surface area contributed by atoms with Crippen molar-refractivity contribution < 1.29 is 73.0 Å². The summed E-state index contributed by atoms with van der Waals surface area (Å²) < 4.78 is 147. The van der Waals surface area contributed by atoms with Gasteiger partial charge in [0.1, 0.15) is 17.1 Å². The Bertz CT molecular complexity index is 1890. The zero-order valence-electron chi connectivity index (χ0n) is 17.1. The van der Waals surface area contributed by atoms with Crippen molar-refractivity contribution in [3.63, 3.8) is 0 Å². The Kier molecular flexibility index (Phi) is 7.14. The third-order valence-electron chi connectivity index (χ3n) is 3.80. The highest BCUT2D eigenvalue weighted by atomic mass is 32.3. The second kappa shape index (κ2) is 9.42. The van der Waals surface area contributed by atoms with Gasteiger partial charge in [0.15, 0.2) is 11.5 Å². The molecule has 0 amide bonds. The van der Waals surface area contributed by atoms with E-state index in [1.54, 1.807) is 0 Å². The molecule has 0 fully saturated rings. The summed E-state index contributed by atoms with van der Waals surface area (Å²) in [5, 5.41) is -0.646. The van der Waals surface area contributed by atoms with Crippen molar-refractivity contribution in [1.29, 1.82) is 0 Å². The van der Waals surface area contributed by atoms with E-state index in [0.29, 0.717) is 18.2 Å². The molecule has 3 aromatic rings. The van der Waals surface area contributed by atoms with Gasteiger partial charge in [0, 0.05) is 6.07 Å². The van der Waals surface area contributed by atoms with E-state index in [1.165, 1.54) is 0 Å². The van der Waals surface area contributed by atoms with E-state index in [-0.39, 0.29) is 0 Å². The number of fused-ring (bicyclic) bond motifs is 1. The second-order valence-corrected chi connectivity index (χ2v) is 10.5. The van der Waals surface area contributed by atoms with Crippen LogP contribution in [0.4, 0.5) is 0 Å². The van der Waals surface area contributed by atoms with Gasteiger partial charge in [-0.15, -0.1) is 0 Å². The lowest BCUT2D eigenvalue weighted by molar-refractivity contribution is 0.375. The topological polar surface area (TPSA) is 285 Å². The zero-order valence-corrected chi connectivity index (χ0v) is 20.4. The van der Waals surface area contributed by atoms with Crippen LogP contribution < -0.4 is 22.2 Å². The Hall–Kier alpha value is -3.51. The normalized spacial score (nSPS) is 12.8. The van der Waals surface area contributed by atoms with Crippen molar-refractivity contribution in [2.75, 3.05) is 0 Å². The van der Waals surface area contributed by atoms with Crippen LogP contribution in [-0.4, -0.2) is 51.9 Å². The maximum Gasteiger partial charge on any atom is 0.446 e. The summed E-state index contributed by atoms with van der Waals surface area (Å²) in [6.07, 6.45) is 0. The average molecular weight is 606 g/mol. The van der Waals surface area contributed by atoms with E-state index in [2.05, 4.69) is 16.7 Å². The molecule has 2 aromatic carbocycles. The van der Waals surface area contributed by atoms with Crippen molar-refractivity contribution in [2.24, 2.45) is 0 Å². The maximum atomic E-state index is 13.0. The Labute approximate surface area is 206 Å². The van der Waals surface area contributed by atoms with E-state index >= 15 is 0 Å². The molecule has 4 N–H and O–H groups in total. The minimum atomic E-state index is -5.49. The molecule has 0 radical (unpaired) electrons. The highest BCUT2D eigenvalue weighted by Crippen LogP contribution is 2.40. The van der Waals surface area contributed by atoms with Crippen molar-refractivity contribution in [3.05, 3.63) is 46.6 Å². The molecule has 0 bridgehead atoms. The maximum absolute atomic E-state index is 13.0. The summed E-state index contributed by atoms with van der Waals surface area (Å²) in [6, 6.07) is 4.29. The lowest BCUT2D eigenvalue weighted by Crippen LogP contribution is -2.16. The molecule has 3 rings (SSSR count). The molecule has 0 saturated carbocycles. The summed E-state index contributed by atoms with van der Waals surface area (Å²) >= 11 is 0. The van der Waals surface area contributed by atoms with Crippen LogP contribution in [0.25, 0.3) is 22.3 Å². The first-order chi connectivity index (χ1) is 16.7. The van der Waals surface area contributed by atoms with Gasteiger partial charge in [-0.05, 0) is 30.3 Å². The van der Waals surface area contributed by atoms with Crippen LogP contribution in [0.2, 0.25) is 0 Å². The fourth-order valence-electron chi connectivity index (χ4n) is 2.74. The third-order valence-corrected chi connectivity index (χ3v) is 5.38. The van der Waals surface area contributed by atoms with Gasteiger partial charge in [0.25, 0.3) is 0 Å². The molecular formula is C15H10O18S4. The first-order valence-corrected chi connectivity index (χ1v) is 14.1. The van der Waals surface area contributed by atoms with Crippen LogP contribution in [0.3, 0.4) is 0 Å². The van der Waals surface area contributed by atoms with Crippen LogP contribution in [-0.2, 0) is 41.6 Å². The molecule has 37 heavy (non-hydrogen) atoms. The van der Waals surface area contributed by atoms with E-state index < -0.39 is 92.3 Å². The summed E-state index contributed by atoms with van der Waals surface area (Å²) in [5.41, 5.74) is -2.64. The van der Waals surface area contributed by atoms with Crippen LogP contribution in [0, 0.1) is 0 Å². The van der Waals surface area contributed by atoms with Crippen molar-refractivity contribution in [1.82, 2.24) is 0 Å². The summed E-state index contributed by atoms with van der Waals surface area (Å²) in [7, 11) is -21.1. The SMILES string of the molecule is O=c1c(OS(=O)(=O)O)c(-c2ccc(OS(=O)(=O)O)cc2OS(=O)(=O)O)oc2ccc(OS(=O)(=O)O)cc12. The first kappa shape index (κ1) is 28.1. The summed E-state index contributed by atoms with van der Waals surface area (Å²) in [4.78, 5) is 13.0. The number of hydrogen-bond acceptors (Lipinski definition) is 14. The number of benzene rings is 2. The molecule has 22 heteroatoms. The molecule has 0 aliphatic heterocycles. The molecular weight excluding hydrogens is 596 g/mol. The van der Waals surface area contributed by atoms with Gasteiger partial charge in [0.2, 0.25) is 11.2 Å². The minimum Gasteiger partial charge on any atom is -0.452 e. The lowest BCUT2D eigenvalue weighted by Gasteiger charge is -2.13. The molecule has 0 saturated heterocycles. The fourth-order valence-corrected chi connectivity index (χ4v) is 4.16. The van der Waals surface area contributed by atoms with Crippen LogP contribution >= 0.6 is 0 Å². The Morgan fingerprint density at radius 3 is 1.62 bits per heavy atom. The second-order valence-electron chi connectivity index (χ2n) is 6.45. The van der Waals surface area contributed by atoms with Crippen molar-refractivity contribution in [3.8, 4) is 34.3 Å².